The summed E-state index contributed by atoms with van der Waals surface area (Å²) in [6, 6.07) is 13.6. The Bertz CT molecular complexity index is 1740. The maximum atomic E-state index is 12.6. The number of phenolic OH excluding ortho intramolecular Hbond substituents is 1. The summed E-state index contributed by atoms with van der Waals surface area (Å²) in [6.45, 7) is 7.32. The summed E-state index contributed by atoms with van der Waals surface area (Å²) >= 11 is 0. The van der Waals surface area contributed by atoms with Crippen molar-refractivity contribution < 1.29 is 38.4 Å². The van der Waals surface area contributed by atoms with Crippen molar-refractivity contribution in [3.05, 3.63) is 89.3 Å². The molecule has 0 unspecified atom stereocenters. The van der Waals surface area contributed by atoms with E-state index in [1.807, 2.05) is 0 Å². The molecule has 0 bridgehead atoms. The molecule has 3 aromatic carbocycles. The van der Waals surface area contributed by atoms with Crippen LogP contribution in [0.25, 0.3) is 10.5 Å². The number of sulfonamides is 1. The van der Waals surface area contributed by atoms with Gasteiger partial charge in [-0.1, -0.05) is 6.57 Å². The van der Waals surface area contributed by atoms with Gasteiger partial charge in [0.2, 0.25) is 5.88 Å². The molecule has 0 aliphatic carbocycles. The molecule has 0 saturated carbocycles. The topological polar surface area (TPSA) is 208 Å². The molecular formula is C24H16N6O8S. The minimum atomic E-state index is -3.95. The quantitative estimate of drug-likeness (QED) is 0.119. The SMILES string of the molecule is [C-]#[N+]c1nn(-c2cc(C(=O)O)cc(C(=O)O)c2)c(O)c1/N=N/c1ccc(S(=O)(=O)Nc2ccc(O)cc2)cc1. The van der Waals surface area contributed by atoms with E-state index in [1.54, 1.807) is 0 Å². The van der Waals surface area contributed by atoms with Gasteiger partial charge in [-0.15, -0.1) is 4.68 Å². The largest absolute Gasteiger partial charge is 0.508 e. The number of hydrogen-bond acceptors (Lipinski definition) is 9. The molecule has 5 N–H and O–H groups in total. The molecule has 15 heteroatoms. The van der Waals surface area contributed by atoms with Gasteiger partial charge in [-0.25, -0.2) is 18.0 Å². The molecular weight excluding hydrogens is 532 g/mol. The summed E-state index contributed by atoms with van der Waals surface area (Å²) in [7, 11) is -3.95. The molecule has 0 amide bonds. The highest BCUT2D eigenvalue weighted by Crippen LogP contribution is 2.39. The fraction of sp³-hybridized carbons (Fsp3) is 0. The van der Waals surface area contributed by atoms with Crippen LogP contribution in [-0.2, 0) is 10.0 Å². The molecule has 0 fully saturated rings. The highest BCUT2D eigenvalue weighted by Gasteiger charge is 2.23. The number of hydrogen-bond donors (Lipinski definition) is 5. The van der Waals surface area contributed by atoms with Crippen molar-refractivity contribution >= 4 is 44.8 Å². The number of azo groups is 1. The summed E-state index contributed by atoms with van der Waals surface area (Å²) in [5.74, 6) is -3.98. The molecule has 0 atom stereocenters. The lowest BCUT2D eigenvalue weighted by molar-refractivity contribution is 0.0696. The van der Waals surface area contributed by atoms with Gasteiger partial charge in [-0.3, -0.25) is 4.72 Å². The van der Waals surface area contributed by atoms with Crippen molar-refractivity contribution in [2.75, 3.05) is 4.72 Å². The third kappa shape index (κ3) is 5.65. The highest BCUT2D eigenvalue weighted by molar-refractivity contribution is 7.92. The number of benzene rings is 3. The Labute approximate surface area is 219 Å². The first kappa shape index (κ1) is 26.3. The zero-order valence-electron chi connectivity index (χ0n) is 19.4. The molecule has 0 aliphatic heterocycles. The van der Waals surface area contributed by atoms with Crippen LogP contribution < -0.4 is 4.72 Å². The van der Waals surface area contributed by atoms with E-state index < -0.39 is 33.7 Å². The van der Waals surface area contributed by atoms with Gasteiger partial charge in [0.15, 0.2) is 5.69 Å². The number of carboxylic acids is 2. The van der Waals surface area contributed by atoms with E-state index in [1.165, 1.54) is 48.5 Å². The number of phenols is 1. The number of aromatic hydroxyl groups is 2. The molecule has 196 valence electrons. The minimum Gasteiger partial charge on any atom is -0.508 e. The van der Waals surface area contributed by atoms with E-state index >= 15 is 0 Å². The lowest BCUT2D eigenvalue weighted by Crippen LogP contribution is -2.12. The number of nitrogens with zero attached hydrogens (tertiary/aromatic N) is 5. The number of aromatic carboxylic acids is 2. The van der Waals surface area contributed by atoms with Crippen LogP contribution in [0.2, 0.25) is 0 Å². The van der Waals surface area contributed by atoms with Gasteiger partial charge in [0, 0.05) is 5.69 Å². The fourth-order valence-corrected chi connectivity index (χ4v) is 4.32. The summed E-state index contributed by atoms with van der Waals surface area (Å²) in [6.07, 6.45) is 0. The molecule has 4 rings (SSSR count). The number of carboxylic acid groups (broad SMARTS) is 2. The number of aromatic nitrogens is 2. The van der Waals surface area contributed by atoms with Crippen LogP contribution in [0.15, 0.2) is 81.9 Å². The molecule has 1 aromatic heterocycles. The second-order valence-electron chi connectivity index (χ2n) is 7.74. The van der Waals surface area contributed by atoms with Gasteiger partial charge in [0.05, 0.1) is 27.4 Å². The average Bonchev–Trinajstić information content (AvgIpc) is 3.23. The Morgan fingerprint density at radius 1 is 0.897 bits per heavy atom. The molecule has 0 spiro atoms. The minimum absolute atomic E-state index is 0.0237. The predicted octanol–water partition coefficient (Wildman–Crippen LogP) is 4.45. The standard InChI is InChI=1S/C24H16N6O8S/c1-25-21-20(22(32)30(28-21)17-11-13(23(33)34)10-14(12-17)24(35)36)27-26-15-4-8-19(9-5-15)39(37,38)29-16-2-6-18(31)7-3-16/h2-12,29,31-32H,(H,33,34)(H,35,36)/b27-26+. The van der Waals surface area contributed by atoms with E-state index in [9.17, 15) is 38.4 Å². The van der Waals surface area contributed by atoms with Gasteiger partial charge in [-0.2, -0.15) is 10.2 Å². The predicted molar refractivity (Wildman–Crippen MR) is 135 cm³/mol. The summed E-state index contributed by atoms with van der Waals surface area (Å²) in [5.41, 5.74) is -0.910. The number of carbonyl (C=O) groups is 2. The Morgan fingerprint density at radius 3 is 2.03 bits per heavy atom. The van der Waals surface area contributed by atoms with Crippen LogP contribution in [0.4, 0.5) is 22.9 Å². The summed E-state index contributed by atoms with van der Waals surface area (Å²) in [4.78, 5) is 25.9. The van der Waals surface area contributed by atoms with Crippen LogP contribution in [0, 0.1) is 6.57 Å². The molecule has 0 aliphatic rings. The van der Waals surface area contributed by atoms with E-state index in [2.05, 4.69) is 24.9 Å². The number of rotatable bonds is 8. The Balaban J connectivity index is 1.62. The third-order valence-corrected chi connectivity index (χ3v) is 6.51. The van der Waals surface area contributed by atoms with Gasteiger partial charge in [0.1, 0.15) is 5.75 Å². The monoisotopic (exact) mass is 548 g/mol. The van der Waals surface area contributed by atoms with Crippen molar-refractivity contribution in [3.8, 4) is 17.3 Å². The maximum absolute atomic E-state index is 12.6. The normalized spacial score (nSPS) is 11.3. The summed E-state index contributed by atoms with van der Waals surface area (Å²) < 4.78 is 28.3. The number of anilines is 1. The van der Waals surface area contributed by atoms with Crippen molar-refractivity contribution in [3.63, 3.8) is 0 Å². The second-order valence-corrected chi connectivity index (χ2v) is 9.43. The molecule has 4 aromatic rings. The highest BCUT2D eigenvalue weighted by atomic mass is 32.2. The van der Waals surface area contributed by atoms with Crippen molar-refractivity contribution in [2.24, 2.45) is 10.2 Å². The zero-order chi connectivity index (χ0) is 28.3. The van der Waals surface area contributed by atoms with Gasteiger partial charge in [-0.05, 0) is 71.8 Å². The second kappa shape index (κ2) is 10.3. The lowest BCUT2D eigenvalue weighted by atomic mass is 10.1. The maximum Gasteiger partial charge on any atom is 0.335 e. The Hall–Kier alpha value is -5.75. The van der Waals surface area contributed by atoms with Crippen LogP contribution in [0.5, 0.6) is 11.6 Å². The first-order valence-corrected chi connectivity index (χ1v) is 12.1. The van der Waals surface area contributed by atoms with E-state index in [-0.39, 0.29) is 44.5 Å². The van der Waals surface area contributed by atoms with Gasteiger partial charge >= 0.3 is 17.8 Å². The van der Waals surface area contributed by atoms with Gasteiger partial charge in [0.25, 0.3) is 10.0 Å². The fourth-order valence-electron chi connectivity index (χ4n) is 3.26. The molecule has 1 heterocycles. The van der Waals surface area contributed by atoms with Crippen LogP contribution in [0.3, 0.4) is 0 Å². The first-order valence-electron chi connectivity index (χ1n) is 10.6. The number of nitrogens with one attached hydrogen (secondary N) is 1. The van der Waals surface area contributed by atoms with Crippen LogP contribution in [-0.4, -0.2) is 50.6 Å². The third-order valence-electron chi connectivity index (χ3n) is 5.11. The van der Waals surface area contributed by atoms with Crippen molar-refractivity contribution in [1.82, 2.24) is 9.78 Å². The van der Waals surface area contributed by atoms with Gasteiger partial charge < -0.3 is 25.3 Å². The zero-order valence-corrected chi connectivity index (χ0v) is 20.2. The first-order chi connectivity index (χ1) is 18.5. The molecule has 39 heavy (non-hydrogen) atoms. The summed E-state index contributed by atoms with van der Waals surface area (Å²) in [5, 5.41) is 50.1. The van der Waals surface area contributed by atoms with E-state index in [0.717, 1.165) is 22.9 Å². The van der Waals surface area contributed by atoms with Crippen molar-refractivity contribution in [2.45, 2.75) is 4.90 Å². The molecule has 0 radical (unpaired) electrons. The Kier molecular flexibility index (Phi) is 6.96. The van der Waals surface area contributed by atoms with Crippen molar-refractivity contribution in [1.29, 1.82) is 0 Å². The van der Waals surface area contributed by atoms with Crippen LogP contribution >= 0.6 is 0 Å². The average molecular weight is 548 g/mol. The Morgan fingerprint density at radius 2 is 1.49 bits per heavy atom. The van der Waals surface area contributed by atoms with E-state index in [4.69, 9.17) is 6.57 Å². The molecule has 0 saturated heterocycles. The smallest absolute Gasteiger partial charge is 0.335 e. The van der Waals surface area contributed by atoms with E-state index in [0.29, 0.717) is 0 Å². The lowest BCUT2D eigenvalue weighted by Gasteiger charge is -2.08. The molecule has 14 nitrogen and oxygen atoms in total. The van der Waals surface area contributed by atoms with Crippen LogP contribution in [0.1, 0.15) is 20.7 Å².